The van der Waals surface area contributed by atoms with Gasteiger partial charge in [0.1, 0.15) is 11.4 Å². The lowest BCUT2D eigenvalue weighted by atomic mass is 10.1. The summed E-state index contributed by atoms with van der Waals surface area (Å²) in [4.78, 5) is 19.9. The zero-order chi connectivity index (χ0) is 19.5. The van der Waals surface area contributed by atoms with Gasteiger partial charge in [-0.15, -0.1) is 0 Å². The van der Waals surface area contributed by atoms with Gasteiger partial charge in [-0.2, -0.15) is 18.3 Å². The van der Waals surface area contributed by atoms with Gasteiger partial charge < -0.3 is 5.11 Å². The molecule has 26 heavy (non-hydrogen) atoms. The number of alkyl halides is 3. The average Bonchev–Trinajstić information content (AvgIpc) is 2.55. The third kappa shape index (κ3) is 4.23. The first-order chi connectivity index (χ1) is 12.1. The zero-order valence-corrected chi connectivity index (χ0v) is 12.6. The number of hydrogen-bond acceptors (Lipinski definition) is 7. The van der Waals surface area contributed by atoms with Gasteiger partial charge in [-0.1, -0.05) is 0 Å². The predicted molar refractivity (Wildman–Crippen MR) is 84.1 cm³/mol. The molecule has 0 bridgehead atoms. The Labute approximate surface area is 142 Å². The van der Waals surface area contributed by atoms with Crippen molar-refractivity contribution in [2.75, 3.05) is 5.43 Å². The van der Waals surface area contributed by atoms with E-state index in [1.807, 2.05) is 0 Å². The van der Waals surface area contributed by atoms with E-state index in [-0.39, 0.29) is 22.7 Å². The normalized spacial score (nSPS) is 11.5. The number of hydrazone groups is 1. The van der Waals surface area contributed by atoms with Gasteiger partial charge in [0.25, 0.3) is 11.4 Å². The molecule has 0 spiro atoms. The molecule has 136 valence electrons. The van der Waals surface area contributed by atoms with E-state index in [0.717, 1.165) is 30.5 Å². The van der Waals surface area contributed by atoms with Gasteiger partial charge in [-0.25, -0.2) is 0 Å². The van der Waals surface area contributed by atoms with Gasteiger partial charge in [0.15, 0.2) is 0 Å². The molecule has 2 N–H and O–H groups in total. The van der Waals surface area contributed by atoms with Crippen molar-refractivity contribution in [3.8, 4) is 5.75 Å². The lowest BCUT2D eigenvalue weighted by Crippen LogP contribution is -2.06. The molecule has 2 aromatic carbocycles. The van der Waals surface area contributed by atoms with E-state index in [1.165, 1.54) is 0 Å². The minimum absolute atomic E-state index is 0.0683. The van der Waals surface area contributed by atoms with E-state index >= 15 is 0 Å². The van der Waals surface area contributed by atoms with Crippen LogP contribution >= 0.6 is 0 Å². The van der Waals surface area contributed by atoms with Gasteiger partial charge >= 0.3 is 6.18 Å². The Bertz CT molecular complexity index is 899. The lowest BCUT2D eigenvalue weighted by molar-refractivity contribution is -0.384. The first kappa shape index (κ1) is 18.6. The van der Waals surface area contributed by atoms with Crippen molar-refractivity contribution < 1.29 is 28.1 Å². The van der Waals surface area contributed by atoms with Gasteiger partial charge in [-0.05, 0) is 18.2 Å². The number of non-ortho nitro benzene ring substituents is 1. The number of aromatic hydroxyl groups is 1. The smallest absolute Gasteiger partial charge is 0.416 e. The largest absolute Gasteiger partial charge is 0.507 e. The van der Waals surface area contributed by atoms with Crippen LogP contribution < -0.4 is 5.43 Å². The summed E-state index contributed by atoms with van der Waals surface area (Å²) in [5.74, 6) is -0.344. The van der Waals surface area contributed by atoms with E-state index in [1.54, 1.807) is 0 Å². The standard InChI is InChI=1S/C14H9F3N4O5/c15-14(16,17)9-1-3-11(12(6-9)21(25)26)19-18-7-8-5-10(20(23)24)2-4-13(8)22/h1-7,19,22H/b18-7+. The summed E-state index contributed by atoms with van der Waals surface area (Å²) in [7, 11) is 0. The Hall–Kier alpha value is -3.70. The monoisotopic (exact) mass is 370 g/mol. The van der Waals surface area contributed by atoms with Crippen LogP contribution in [-0.4, -0.2) is 21.2 Å². The van der Waals surface area contributed by atoms with Gasteiger partial charge in [0.2, 0.25) is 0 Å². The predicted octanol–water partition coefficient (Wildman–Crippen LogP) is 3.67. The number of phenolic OH excluding ortho intramolecular Hbond substituents is 1. The molecule has 0 saturated carbocycles. The van der Waals surface area contributed by atoms with Crippen molar-refractivity contribution in [3.05, 3.63) is 67.8 Å². The summed E-state index contributed by atoms with van der Waals surface area (Å²) in [6.45, 7) is 0. The maximum absolute atomic E-state index is 12.6. The molecule has 9 nitrogen and oxygen atoms in total. The number of halogens is 3. The Kier molecular flexibility index (Phi) is 5.05. The van der Waals surface area contributed by atoms with E-state index in [4.69, 9.17) is 0 Å². The van der Waals surface area contributed by atoms with Crippen LogP contribution in [0.1, 0.15) is 11.1 Å². The van der Waals surface area contributed by atoms with E-state index in [9.17, 15) is 38.5 Å². The Morgan fingerprint density at radius 1 is 1.08 bits per heavy atom. The number of hydrogen-bond donors (Lipinski definition) is 2. The van der Waals surface area contributed by atoms with Crippen molar-refractivity contribution in [1.82, 2.24) is 0 Å². The summed E-state index contributed by atoms with van der Waals surface area (Å²) in [6, 6.07) is 4.92. The van der Waals surface area contributed by atoms with Crippen LogP contribution in [0.2, 0.25) is 0 Å². The van der Waals surface area contributed by atoms with Crippen molar-refractivity contribution in [3.63, 3.8) is 0 Å². The van der Waals surface area contributed by atoms with Crippen LogP contribution in [0.3, 0.4) is 0 Å². The second-order valence-corrected chi connectivity index (χ2v) is 4.86. The van der Waals surface area contributed by atoms with E-state index < -0.39 is 27.3 Å². The second-order valence-electron chi connectivity index (χ2n) is 4.86. The summed E-state index contributed by atoms with van der Waals surface area (Å²) in [5.41, 5.74) is -0.609. The molecule has 0 radical (unpaired) electrons. The summed E-state index contributed by atoms with van der Waals surface area (Å²) < 4.78 is 37.9. The minimum atomic E-state index is -4.75. The van der Waals surface area contributed by atoms with Crippen LogP contribution in [0.5, 0.6) is 5.75 Å². The maximum Gasteiger partial charge on any atom is 0.416 e. The van der Waals surface area contributed by atoms with Crippen molar-refractivity contribution in [2.45, 2.75) is 6.18 Å². The molecule has 0 aliphatic heterocycles. The topological polar surface area (TPSA) is 131 Å². The third-order valence-electron chi connectivity index (χ3n) is 3.13. The van der Waals surface area contributed by atoms with Crippen molar-refractivity contribution in [1.29, 1.82) is 0 Å². The molecule has 0 atom stereocenters. The molecule has 2 rings (SSSR count). The fraction of sp³-hybridized carbons (Fsp3) is 0.0714. The van der Waals surface area contributed by atoms with Gasteiger partial charge in [0, 0.05) is 23.8 Å². The molecule has 12 heteroatoms. The quantitative estimate of drug-likeness (QED) is 0.469. The summed E-state index contributed by atoms with van der Waals surface area (Å²) in [5, 5.41) is 34.8. The SMILES string of the molecule is O=[N+]([O-])c1ccc(O)c(/C=N/Nc2ccc(C(F)(F)F)cc2[N+](=O)[O-])c1. The fourth-order valence-corrected chi connectivity index (χ4v) is 1.88. The lowest BCUT2D eigenvalue weighted by Gasteiger charge is -2.08. The molecule has 0 heterocycles. The maximum atomic E-state index is 12.6. The highest BCUT2D eigenvalue weighted by molar-refractivity contribution is 5.85. The van der Waals surface area contributed by atoms with Crippen LogP contribution in [0.25, 0.3) is 0 Å². The molecular weight excluding hydrogens is 361 g/mol. The number of phenols is 1. The number of nitro groups is 2. The Morgan fingerprint density at radius 3 is 2.35 bits per heavy atom. The number of nitro benzene ring substituents is 2. The highest BCUT2D eigenvalue weighted by Crippen LogP contribution is 2.35. The molecule has 2 aromatic rings. The average molecular weight is 370 g/mol. The van der Waals surface area contributed by atoms with Gasteiger partial charge in [-0.3, -0.25) is 25.7 Å². The molecule has 0 fully saturated rings. The second kappa shape index (κ2) is 7.04. The first-order valence-corrected chi connectivity index (χ1v) is 6.71. The minimum Gasteiger partial charge on any atom is -0.507 e. The summed E-state index contributed by atoms with van der Waals surface area (Å²) in [6.07, 6.45) is -3.81. The first-order valence-electron chi connectivity index (χ1n) is 6.71. The third-order valence-corrected chi connectivity index (χ3v) is 3.13. The zero-order valence-electron chi connectivity index (χ0n) is 12.6. The van der Waals surface area contributed by atoms with Crippen LogP contribution in [0.4, 0.5) is 30.2 Å². The number of benzene rings is 2. The van der Waals surface area contributed by atoms with E-state index in [2.05, 4.69) is 10.5 Å². The van der Waals surface area contributed by atoms with Crippen LogP contribution in [-0.2, 0) is 6.18 Å². The Morgan fingerprint density at radius 2 is 1.77 bits per heavy atom. The fourth-order valence-electron chi connectivity index (χ4n) is 1.88. The number of anilines is 1. The van der Waals surface area contributed by atoms with Crippen LogP contribution in [0.15, 0.2) is 41.5 Å². The summed E-state index contributed by atoms with van der Waals surface area (Å²) >= 11 is 0. The molecule has 0 saturated heterocycles. The molecule has 0 aliphatic carbocycles. The molecule has 0 aliphatic rings. The van der Waals surface area contributed by atoms with Crippen molar-refractivity contribution in [2.24, 2.45) is 5.10 Å². The van der Waals surface area contributed by atoms with E-state index in [0.29, 0.717) is 12.1 Å². The van der Waals surface area contributed by atoms with Gasteiger partial charge in [0.05, 0.1) is 21.6 Å². The van der Waals surface area contributed by atoms with Crippen LogP contribution in [0, 0.1) is 20.2 Å². The number of rotatable bonds is 5. The molecule has 0 aromatic heterocycles. The number of nitrogens with zero attached hydrogens (tertiary/aromatic N) is 3. The highest BCUT2D eigenvalue weighted by atomic mass is 19.4. The number of nitrogens with one attached hydrogen (secondary N) is 1. The molecular formula is C14H9F3N4O5. The highest BCUT2D eigenvalue weighted by Gasteiger charge is 2.33. The Balaban J connectivity index is 2.29. The molecule has 0 amide bonds. The molecule has 0 unspecified atom stereocenters. The van der Waals surface area contributed by atoms with Crippen molar-refractivity contribution >= 4 is 23.3 Å².